The van der Waals surface area contributed by atoms with Gasteiger partial charge in [0.2, 0.25) is 5.91 Å². The molecule has 0 bridgehead atoms. The van der Waals surface area contributed by atoms with Gasteiger partial charge in [0.25, 0.3) is 5.91 Å². The van der Waals surface area contributed by atoms with Crippen molar-refractivity contribution in [2.75, 3.05) is 0 Å². The molecule has 2 aromatic rings. The molecule has 2 N–H and O–H groups in total. The fourth-order valence-corrected chi connectivity index (χ4v) is 2.80. The van der Waals surface area contributed by atoms with Gasteiger partial charge in [0.1, 0.15) is 0 Å². The van der Waals surface area contributed by atoms with Crippen molar-refractivity contribution in [1.29, 1.82) is 0 Å². The average Bonchev–Trinajstić information content (AvgIpc) is 3.01. The number of halogens is 2. The number of hydrazine groups is 1. The molecule has 0 radical (unpaired) electrons. The number of aryl methyl sites for hydroxylation is 1. The normalized spacial score (nSPS) is 12.0. The summed E-state index contributed by atoms with van der Waals surface area (Å²) < 4.78 is 4.74. The summed E-state index contributed by atoms with van der Waals surface area (Å²) in [7, 11) is 1.72. The Morgan fingerprint density at radius 1 is 1.41 bits per heavy atom. The van der Waals surface area contributed by atoms with Crippen LogP contribution in [0.1, 0.15) is 17.4 Å². The number of carbonyl (C=O) groups is 2. The Balaban J connectivity index is 1.86. The summed E-state index contributed by atoms with van der Waals surface area (Å²) in [6.45, 7) is 2.16. The Morgan fingerprint density at radius 3 is 2.68 bits per heavy atom. The van der Waals surface area contributed by atoms with Crippen LogP contribution in [-0.4, -0.2) is 31.4 Å². The highest BCUT2D eigenvalue weighted by Crippen LogP contribution is 2.09. The van der Waals surface area contributed by atoms with E-state index in [4.69, 9.17) is 0 Å². The standard InChI is InChI=1S/C12H14BrIN6O2/c1-7(4-20-5-8(13)3-15-20)11(21)16-17-12(22)10-9(14)6-19(2)18-10/h3,5-7H,4H2,1-2H3,(H,16,21)(H,17,22)/t7-/m0/s1. The van der Waals surface area contributed by atoms with Gasteiger partial charge in [-0.2, -0.15) is 10.2 Å². The van der Waals surface area contributed by atoms with E-state index in [2.05, 4.69) is 37.0 Å². The Bertz CT molecular complexity index is 698. The molecule has 10 heteroatoms. The molecular weight excluding hydrogens is 467 g/mol. The summed E-state index contributed by atoms with van der Waals surface area (Å²) in [6, 6.07) is 0. The third-order valence-corrected chi connectivity index (χ3v) is 4.01. The molecule has 8 nitrogen and oxygen atoms in total. The van der Waals surface area contributed by atoms with Gasteiger partial charge in [0.15, 0.2) is 5.69 Å². The maximum Gasteiger partial charge on any atom is 0.291 e. The molecule has 2 amide bonds. The van der Waals surface area contributed by atoms with Crippen LogP contribution in [-0.2, 0) is 18.4 Å². The lowest BCUT2D eigenvalue weighted by Gasteiger charge is -2.12. The molecule has 0 fully saturated rings. The lowest BCUT2D eigenvalue weighted by molar-refractivity contribution is -0.125. The molecule has 2 rings (SSSR count). The zero-order valence-electron chi connectivity index (χ0n) is 11.9. The summed E-state index contributed by atoms with van der Waals surface area (Å²) >= 11 is 5.30. The first-order chi connectivity index (χ1) is 10.4. The SMILES string of the molecule is C[C@@H](Cn1cc(Br)cn1)C(=O)NNC(=O)c1nn(C)cc1I. The van der Waals surface area contributed by atoms with Gasteiger partial charge in [-0.05, 0) is 38.5 Å². The van der Waals surface area contributed by atoms with E-state index >= 15 is 0 Å². The molecule has 0 saturated heterocycles. The van der Waals surface area contributed by atoms with Crippen molar-refractivity contribution < 1.29 is 9.59 Å². The van der Waals surface area contributed by atoms with Crippen LogP contribution in [0.25, 0.3) is 0 Å². The van der Waals surface area contributed by atoms with E-state index in [1.54, 1.807) is 37.2 Å². The summed E-state index contributed by atoms with van der Waals surface area (Å²) in [5.74, 6) is -1.10. The van der Waals surface area contributed by atoms with Crippen molar-refractivity contribution >= 4 is 50.3 Å². The van der Waals surface area contributed by atoms with Gasteiger partial charge in [0.05, 0.1) is 26.7 Å². The number of aromatic nitrogens is 4. The van der Waals surface area contributed by atoms with Crippen molar-refractivity contribution in [2.24, 2.45) is 13.0 Å². The van der Waals surface area contributed by atoms with Crippen molar-refractivity contribution in [3.63, 3.8) is 0 Å². The third-order valence-electron chi connectivity index (χ3n) is 2.81. The van der Waals surface area contributed by atoms with Gasteiger partial charge < -0.3 is 0 Å². The molecule has 0 spiro atoms. The second-order valence-corrected chi connectivity index (χ2v) is 6.80. The zero-order chi connectivity index (χ0) is 16.3. The van der Waals surface area contributed by atoms with Gasteiger partial charge in [-0.3, -0.25) is 29.8 Å². The topological polar surface area (TPSA) is 93.8 Å². The maximum atomic E-state index is 12.0. The number of amides is 2. The fourth-order valence-electron chi connectivity index (χ4n) is 1.72. The van der Waals surface area contributed by atoms with Gasteiger partial charge in [-0.15, -0.1) is 0 Å². The molecule has 0 aromatic carbocycles. The molecule has 22 heavy (non-hydrogen) atoms. The first-order valence-electron chi connectivity index (χ1n) is 6.34. The highest BCUT2D eigenvalue weighted by molar-refractivity contribution is 14.1. The van der Waals surface area contributed by atoms with Gasteiger partial charge >= 0.3 is 0 Å². The monoisotopic (exact) mass is 480 g/mol. The van der Waals surface area contributed by atoms with Crippen LogP contribution in [0, 0.1) is 9.49 Å². The van der Waals surface area contributed by atoms with Gasteiger partial charge in [0, 0.05) is 19.4 Å². The van der Waals surface area contributed by atoms with Crippen LogP contribution in [0.3, 0.4) is 0 Å². The zero-order valence-corrected chi connectivity index (χ0v) is 15.6. The predicted octanol–water partition coefficient (Wildman–Crippen LogP) is 1.08. The molecule has 1 atom stereocenters. The molecule has 0 aliphatic carbocycles. The number of hydrogen-bond donors (Lipinski definition) is 2. The van der Waals surface area contributed by atoms with Crippen LogP contribution >= 0.6 is 38.5 Å². The Labute approximate surface area is 148 Å². The van der Waals surface area contributed by atoms with Crippen LogP contribution in [0.4, 0.5) is 0 Å². The molecule has 0 aliphatic rings. The van der Waals surface area contributed by atoms with Crippen LogP contribution in [0.15, 0.2) is 23.1 Å². The summed E-state index contributed by atoms with van der Waals surface area (Å²) in [6.07, 6.45) is 5.14. The van der Waals surface area contributed by atoms with Gasteiger partial charge in [-0.1, -0.05) is 6.92 Å². The molecule has 0 saturated carbocycles. The van der Waals surface area contributed by atoms with E-state index in [1.807, 2.05) is 22.6 Å². The fraction of sp³-hybridized carbons (Fsp3) is 0.333. The van der Waals surface area contributed by atoms with Gasteiger partial charge in [-0.25, -0.2) is 0 Å². The quantitative estimate of drug-likeness (QED) is 0.505. The number of carbonyl (C=O) groups excluding carboxylic acids is 2. The van der Waals surface area contributed by atoms with Crippen LogP contribution < -0.4 is 10.9 Å². The lowest BCUT2D eigenvalue weighted by atomic mass is 10.2. The second kappa shape index (κ2) is 7.22. The molecule has 2 heterocycles. The van der Waals surface area contributed by atoms with Crippen molar-refractivity contribution in [3.05, 3.63) is 32.3 Å². The van der Waals surface area contributed by atoms with Crippen molar-refractivity contribution in [2.45, 2.75) is 13.5 Å². The van der Waals surface area contributed by atoms with E-state index < -0.39 is 5.91 Å². The summed E-state index contributed by atoms with van der Waals surface area (Å²) in [4.78, 5) is 23.9. The minimum absolute atomic E-state index is 0.270. The molecule has 0 aliphatic heterocycles. The maximum absolute atomic E-state index is 12.0. The lowest BCUT2D eigenvalue weighted by Crippen LogP contribution is -2.45. The van der Waals surface area contributed by atoms with E-state index in [9.17, 15) is 9.59 Å². The Kier molecular flexibility index (Phi) is 5.56. The second-order valence-electron chi connectivity index (χ2n) is 4.72. The summed E-state index contributed by atoms with van der Waals surface area (Å²) in [5, 5.41) is 8.11. The Hall–Kier alpha value is -1.43. The van der Waals surface area contributed by atoms with E-state index in [-0.39, 0.29) is 17.5 Å². The van der Waals surface area contributed by atoms with E-state index in [0.717, 1.165) is 4.47 Å². The summed E-state index contributed by atoms with van der Waals surface area (Å²) in [5.41, 5.74) is 5.04. The van der Waals surface area contributed by atoms with Crippen LogP contribution in [0.5, 0.6) is 0 Å². The van der Waals surface area contributed by atoms with E-state index in [0.29, 0.717) is 10.1 Å². The molecular formula is C12H14BrIN6O2. The Morgan fingerprint density at radius 2 is 2.14 bits per heavy atom. The molecule has 0 unspecified atom stereocenters. The first-order valence-corrected chi connectivity index (χ1v) is 8.21. The predicted molar refractivity (Wildman–Crippen MR) is 90.6 cm³/mol. The minimum Gasteiger partial charge on any atom is -0.274 e. The third kappa shape index (κ3) is 4.29. The largest absolute Gasteiger partial charge is 0.291 e. The number of rotatable bonds is 4. The molecule has 118 valence electrons. The van der Waals surface area contributed by atoms with Crippen LogP contribution in [0.2, 0.25) is 0 Å². The van der Waals surface area contributed by atoms with E-state index in [1.165, 1.54) is 4.68 Å². The highest BCUT2D eigenvalue weighted by atomic mass is 127. The highest BCUT2D eigenvalue weighted by Gasteiger charge is 2.18. The average molecular weight is 481 g/mol. The number of nitrogens with zero attached hydrogens (tertiary/aromatic N) is 4. The van der Waals surface area contributed by atoms with Crippen molar-refractivity contribution in [3.8, 4) is 0 Å². The van der Waals surface area contributed by atoms with Crippen molar-refractivity contribution in [1.82, 2.24) is 30.4 Å². The smallest absolute Gasteiger partial charge is 0.274 e. The number of hydrogen-bond acceptors (Lipinski definition) is 4. The molecule has 2 aromatic heterocycles. The first kappa shape index (κ1) is 16.9. The minimum atomic E-state index is -0.451. The number of nitrogens with one attached hydrogen (secondary N) is 2.